The molecule has 0 saturated heterocycles. The van der Waals surface area contributed by atoms with Crippen molar-refractivity contribution in [3.05, 3.63) is 57.2 Å². The summed E-state index contributed by atoms with van der Waals surface area (Å²) in [4.78, 5) is 12.0. The summed E-state index contributed by atoms with van der Waals surface area (Å²) in [6.07, 6.45) is 0. The average Bonchev–Trinajstić information content (AvgIpc) is 2.34. The van der Waals surface area contributed by atoms with Gasteiger partial charge in [-0.15, -0.1) is 0 Å². The number of aryl methyl sites for hydroxylation is 1. The lowest BCUT2D eigenvalue weighted by atomic mass is 10.2. The maximum Gasteiger partial charge on any atom is 0.255 e. The number of amides is 1. The first-order valence-electron chi connectivity index (χ1n) is 5.43. The molecular weight excluding hydrogens is 341 g/mol. The Hall–Kier alpha value is -1.56. The van der Waals surface area contributed by atoms with Crippen molar-refractivity contribution < 1.29 is 9.90 Å². The van der Waals surface area contributed by atoms with Crippen LogP contribution >= 0.6 is 22.6 Å². The van der Waals surface area contributed by atoms with Gasteiger partial charge in [0.1, 0.15) is 5.75 Å². The number of carbonyl (C=O) groups excluding carboxylic acids is 1. The minimum Gasteiger partial charge on any atom is -0.508 e. The molecule has 0 aliphatic heterocycles. The average molecular weight is 353 g/mol. The van der Waals surface area contributed by atoms with Gasteiger partial charge < -0.3 is 10.4 Å². The normalized spacial score (nSPS) is 10.1. The van der Waals surface area contributed by atoms with Crippen LogP contribution in [0.3, 0.4) is 0 Å². The molecule has 0 atom stereocenters. The molecule has 0 aliphatic carbocycles. The van der Waals surface area contributed by atoms with Crippen LogP contribution < -0.4 is 5.32 Å². The van der Waals surface area contributed by atoms with Gasteiger partial charge >= 0.3 is 0 Å². The number of anilines is 1. The smallest absolute Gasteiger partial charge is 0.255 e. The molecule has 1 amide bonds. The summed E-state index contributed by atoms with van der Waals surface area (Å²) in [6.45, 7) is 1.79. The quantitative estimate of drug-likeness (QED) is 0.641. The highest BCUT2D eigenvalue weighted by Crippen LogP contribution is 2.20. The second-order valence-corrected chi connectivity index (χ2v) is 5.21. The fraction of sp³-hybridized carbons (Fsp3) is 0.0714. The number of phenols is 1. The zero-order chi connectivity index (χ0) is 13.1. The molecule has 2 N–H and O–H groups in total. The molecule has 0 fully saturated rings. The Morgan fingerprint density at radius 2 is 2.00 bits per heavy atom. The van der Waals surface area contributed by atoms with Gasteiger partial charge in [0.2, 0.25) is 0 Å². The van der Waals surface area contributed by atoms with E-state index in [2.05, 4.69) is 27.9 Å². The molecule has 0 heterocycles. The predicted octanol–water partition coefficient (Wildman–Crippen LogP) is 3.56. The highest BCUT2D eigenvalue weighted by Gasteiger charge is 2.07. The molecule has 0 spiro atoms. The Balaban J connectivity index is 2.18. The zero-order valence-corrected chi connectivity index (χ0v) is 11.9. The van der Waals surface area contributed by atoms with E-state index in [0.29, 0.717) is 11.3 Å². The summed E-state index contributed by atoms with van der Waals surface area (Å²) in [5.41, 5.74) is 2.03. The van der Waals surface area contributed by atoms with Gasteiger partial charge in [0.25, 0.3) is 5.91 Å². The lowest BCUT2D eigenvalue weighted by Crippen LogP contribution is -2.11. The molecule has 2 aromatic rings. The van der Waals surface area contributed by atoms with Crippen molar-refractivity contribution >= 4 is 34.2 Å². The van der Waals surface area contributed by atoms with Crippen LogP contribution in [0.5, 0.6) is 5.75 Å². The maximum atomic E-state index is 12.0. The summed E-state index contributed by atoms with van der Waals surface area (Å²) in [7, 11) is 0. The van der Waals surface area contributed by atoms with E-state index in [0.717, 1.165) is 9.13 Å². The third-order valence-electron chi connectivity index (χ3n) is 2.54. The van der Waals surface area contributed by atoms with Crippen LogP contribution in [0.1, 0.15) is 15.9 Å². The number of hydrogen-bond acceptors (Lipinski definition) is 2. The number of halogens is 1. The predicted molar refractivity (Wildman–Crippen MR) is 80.0 cm³/mol. The molecule has 2 aromatic carbocycles. The second-order valence-electron chi connectivity index (χ2n) is 3.97. The Kier molecular flexibility index (Phi) is 3.86. The van der Waals surface area contributed by atoms with Crippen LogP contribution in [-0.2, 0) is 0 Å². The highest BCUT2D eigenvalue weighted by atomic mass is 127. The van der Waals surface area contributed by atoms with E-state index in [1.165, 1.54) is 0 Å². The highest BCUT2D eigenvalue weighted by molar-refractivity contribution is 14.1. The number of hydrogen-bond donors (Lipinski definition) is 2. The number of rotatable bonds is 2. The number of benzene rings is 2. The zero-order valence-electron chi connectivity index (χ0n) is 9.77. The van der Waals surface area contributed by atoms with E-state index in [9.17, 15) is 9.90 Å². The maximum absolute atomic E-state index is 12.0. The lowest BCUT2D eigenvalue weighted by molar-refractivity contribution is 0.102. The van der Waals surface area contributed by atoms with Crippen LogP contribution in [0.15, 0.2) is 42.5 Å². The summed E-state index contributed by atoms with van der Waals surface area (Å²) in [6, 6.07) is 12.4. The third-order valence-corrected chi connectivity index (χ3v) is 3.21. The molecule has 92 valence electrons. The second kappa shape index (κ2) is 5.39. The Bertz CT molecular complexity index is 596. The van der Waals surface area contributed by atoms with Crippen molar-refractivity contribution in [1.29, 1.82) is 0 Å². The number of nitrogens with one attached hydrogen (secondary N) is 1. The van der Waals surface area contributed by atoms with Crippen LogP contribution in [0.4, 0.5) is 5.69 Å². The first-order valence-corrected chi connectivity index (χ1v) is 6.50. The fourth-order valence-electron chi connectivity index (χ4n) is 1.57. The Morgan fingerprint density at radius 1 is 1.22 bits per heavy atom. The Morgan fingerprint density at radius 3 is 2.67 bits per heavy atom. The van der Waals surface area contributed by atoms with Crippen LogP contribution in [0.2, 0.25) is 0 Å². The molecule has 0 aromatic heterocycles. The number of phenolic OH excluding ortho intramolecular Hbond substituents is 1. The molecule has 0 bridgehead atoms. The van der Waals surface area contributed by atoms with E-state index in [1.54, 1.807) is 31.2 Å². The third kappa shape index (κ3) is 3.01. The van der Waals surface area contributed by atoms with Gasteiger partial charge in [0.15, 0.2) is 0 Å². The van der Waals surface area contributed by atoms with E-state index in [4.69, 9.17) is 0 Å². The van der Waals surface area contributed by atoms with Gasteiger partial charge in [0, 0.05) is 14.8 Å². The molecule has 4 heteroatoms. The van der Waals surface area contributed by atoms with E-state index >= 15 is 0 Å². The monoisotopic (exact) mass is 353 g/mol. The summed E-state index contributed by atoms with van der Waals surface area (Å²) in [5.74, 6) is 0.0702. The minimum atomic E-state index is -0.154. The van der Waals surface area contributed by atoms with Gasteiger partial charge in [-0.3, -0.25) is 4.79 Å². The van der Waals surface area contributed by atoms with Crippen molar-refractivity contribution in [2.45, 2.75) is 6.92 Å². The first kappa shape index (κ1) is 12.9. The molecule has 0 saturated carbocycles. The standard InChI is InChI=1S/C14H12INO2/c1-9-7-12(5-6-13(9)17)16-14(18)10-3-2-4-11(15)8-10/h2-8,17H,1H3,(H,16,18). The summed E-state index contributed by atoms with van der Waals surface area (Å²) >= 11 is 2.17. The molecule has 3 nitrogen and oxygen atoms in total. The van der Waals surface area contributed by atoms with E-state index in [-0.39, 0.29) is 11.7 Å². The largest absolute Gasteiger partial charge is 0.508 e. The van der Waals surface area contributed by atoms with Crippen molar-refractivity contribution in [1.82, 2.24) is 0 Å². The van der Waals surface area contributed by atoms with E-state index < -0.39 is 0 Å². The summed E-state index contributed by atoms with van der Waals surface area (Å²) in [5, 5.41) is 12.2. The number of aromatic hydroxyl groups is 1. The first-order chi connectivity index (χ1) is 8.56. The van der Waals surface area contributed by atoms with Gasteiger partial charge in [-0.25, -0.2) is 0 Å². The van der Waals surface area contributed by atoms with Gasteiger partial charge in [-0.2, -0.15) is 0 Å². The molecule has 0 unspecified atom stereocenters. The van der Waals surface area contributed by atoms with Crippen LogP contribution in [0.25, 0.3) is 0 Å². The Labute approximate surface area is 119 Å². The van der Waals surface area contributed by atoms with Gasteiger partial charge in [0.05, 0.1) is 0 Å². The van der Waals surface area contributed by atoms with Crippen molar-refractivity contribution in [2.75, 3.05) is 5.32 Å². The van der Waals surface area contributed by atoms with Crippen LogP contribution in [-0.4, -0.2) is 11.0 Å². The topological polar surface area (TPSA) is 49.3 Å². The molecule has 18 heavy (non-hydrogen) atoms. The van der Waals surface area contributed by atoms with Gasteiger partial charge in [-0.1, -0.05) is 6.07 Å². The van der Waals surface area contributed by atoms with E-state index in [1.807, 2.05) is 18.2 Å². The van der Waals surface area contributed by atoms with Crippen molar-refractivity contribution in [2.24, 2.45) is 0 Å². The van der Waals surface area contributed by atoms with Crippen LogP contribution in [0, 0.1) is 10.5 Å². The fourth-order valence-corrected chi connectivity index (χ4v) is 2.11. The molecular formula is C14H12INO2. The minimum absolute atomic E-state index is 0.154. The lowest BCUT2D eigenvalue weighted by Gasteiger charge is -2.07. The number of carbonyl (C=O) groups is 1. The molecule has 0 radical (unpaired) electrons. The SMILES string of the molecule is Cc1cc(NC(=O)c2cccc(I)c2)ccc1O. The van der Waals surface area contributed by atoms with Crippen molar-refractivity contribution in [3.8, 4) is 5.75 Å². The molecule has 0 aliphatic rings. The van der Waals surface area contributed by atoms with Gasteiger partial charge in [-0.05, 0) is 71.5 Å². The molecule has 2 rings (SSSR count). The van der Waals surface area contributed by atoms with Crippen molar-refractivity contribution in [3.63, 3.8) is 0 Å². The summed E-state index contributed by atoms with van der Waals surface area (Å²) < 4.78 is 1.02.